The van der Waals surface area contributed by atoms with Crippen molar-refractivity contribution in [1.29, 1.82) is 0 Å². The second-order valence-electron chi connectivity index (χ2n) is 10.6. The van der Waals surface area contributed by atoms with E-state index in [9.17, 15) is 0 Å². The maximum absolute atomic E-state index is 6.15. The first-order valence-electron chi connectivity index (χ1n) is 13.6. The van der Waals surface area contributed by atoms with Crippen LogP contribution in [-0.4, -0.2) is 4.57 Å². The Labute approximate surface area is 239 Å². The van der Waals surface area contributed by atoms with Crippen molar-refractivity contribution < 1.29 is 4.42 Å². The topological polar surface area (TPSA) is 18.1 Å². The SMILES string of the molecule is Brc1cccc2oc3ccc(-c4ccc5c(c4)c4c6c(ccc4n5-c4ccccc4)-c4ccccc4C6)cc3c12. The van der Waals surface area contributed by atoms with Gasteiger partial charge in [0.1, 0.15) is 11.2 Å². The molecule has 40 heavy (non-hydrogen) atoms. The van der Waals surface area contributed by atoms with Crippen LogP contribution in [0.5, 0.6) is 0 Å². The fourth-order valence-electron chi connectivity index (χ4n) is 6.74. The molecule has 0 aliphatic heterocycles. The number of hydrogen-bond acceptors (Lipinski definition) is 1. The van der Waals surface area contributed by atoms with Gasteiger partial charge in [0.15, 0.2) is 0 Å². The summed E-state index contributed by atoms with van der Waals surface area (Å²) in [6, 6.07) is 43.8. The molecule has 1 aliphatic rings. The molecule has 3 heteroatoms. The number of rotatable bonds is 2. The van der Waals surface area contributed by atoms with Crippen LogP contribution >= 0.6 is 15.9 Å². The molecule has 0 N–H and O–H groups in total. The fraction of sp³-hybridized carbons (Fsp3) is 0.0270. The zero-order valence-corrected chi connectivity index (χ0v) is 23.1. The van der Waals surface area contributed by atoms with Gasteiger partial charge in [0.05, 0.1) is 11.0 Å². The largest absolute Gasteiger partial charge is 0.456 e. The normalized spacial score (nSPS) is 12.5. The maximum atomic E-state index is 6.15. The first-order chi connectivity index (χ1) is 19.7. The van der Waals surface area contributed by atoms with E-state index in [4.69, 9.17) is 4.42 Å². The number of hydrogen-bond donors (Lipinski definition) is 0. The molecule has 0 bridgehead atoms. The highest BCUT2D eigenvalue weighted by Crippen LogP contribution is 2.45. The van der Waals surface area contributed by atoms with Crippen LogP contribution < -0.4 is 0 Å². The number of nitrogens with zero attached hydrogens (tertiary/aromatic N) is 1. The Balaban J connectivity index is 1.34. The van der Waals surface area contributed by atoms with Crippen LogP contribution in [-0.2, 0) is 6.42 Å². The van der Waals surface area contributed by atoms with Crippen LogP contribution in [0.1, 0.15) is 11.1 Å². The molecule has 0 amide bonds. The zero-order valence-electron chi connectivity index (χ0n) is 21.5. The van der Waals surface area contributed by atoms with Gasteiger partial charge in [-0.2, -0.15) is 0 Å². The van der Waals surface area contributed by atoms with E-state index in [1.54, 1.807) is 0 Å². The molecule has 2 nitrogen and oxygen atoms in total. The average molecular weight is 576 g/mol. The highest BCUT2D eigenvalue weighted by molar-refractivity contribution is 9.10. The van der Waals surface area contributed by atoms with Crippen molar-refractivity contribution in [1.82, 2.24) is 4.57 Å². The van der Waals surface area contributed by atoms with Crippen molar-refractivity contribution >= 4 is 59.7 Å². The Morgan fingerprint density at radius 3 is 2.25 bits per heavy atom. The average Bonchev–Trinajstić information content (AvgIpc) is 3.66. The quantitative estimate of drug-likeness (QED) is 0.200. The van der Waals surface area contributed by atoms with Crippen molar-refractivity contribution in [3.05, 3.63) is 137 Å². The van der Waals surface area contributed by atoms with Crippen LogP contribution in [0.3, 0.4) is 0 Å². The van der Waals surface area contributed by atoms with Crippen LogP contribution in [0.25, 0.3) is 71.7 Å². The smallest absolute Gasteiger partial charge is 0.136 e. The molecule has 0 saturated heterocycles. The van der Waals surface area contributed by atoms with Gasteiger partial charge in [-0.05, 0) is 94.4 Å². The highest BCUT2D eigenvalue weighted by Gasteiger charge is 2.24. The summed E-state index contributed by atoms with van der Waals surface area (Å²) in [5.74, 6) is 0. The Hall–Kier alpha value is -4.60. The minimum absolute atomic E-state index is 0.901. The number of aromatic nitrogens is 1. The van der Waals surface area contributed by atoms with E-state index in [2.05, 4.69) is 130 Å². The number of halogens is 1. The van der Waals surface area contributed by atoms with Crippen LogP contribution in [0.15, 0.2) is 130 Å². The van der Waals surface area contributed by atoms with Gasteiger partial charge < -0.3 is 8.98 Å². The molecule has 0 saturated carbocycles. The van der Waals surface area contributed by atoms with Gasteiger partial charge in [-0.3, -0.25) is 0 Å². The molecule has 0 spiro atoms. The van der Waals surface area contributed by atoms with Crippen molar-refractivity contribution in [2.45, 2.75) is 6.42 Å². The van der Waals surface area contributed by atoms with E-state index in [1.165, 1.54) is 60.9 Å². The van der Waals surface area contributed by atoms with E-state index in [1.807, 2.05) is 12.1 Å². The third-order valence-electron chi connectivity index (χ3n) is 8.51. The van der Waals surface area contributed by atoms with Gasteiger partial charge in [0.2, 0.25) is 0 Å². The molecule has 2 aromatic heterocycles. The summed E-state index contributed by atoms with van der Waals surface area (Å²) in [6.45, 7) is 0. The molecule has 0 fully saturated rings. The van der Waals surface area contributed by atoms with Crippen LogP contribution in [0.2, 0.25) is 0 Å². The maximum Gasteiger partial charge on any atom is 0.136 e. The Bertz CT molecular complexity index is 2310. The summed E-state index contributed by atoms with van der Waals surface area (Å²) in [7, 11) is 0. The second kappa shape index (κ2) is 8.20. The third kappa shape index (κ3) is 3.04. The van der Waals surface area contributed by atoms with E-state index in [0.29, 0.717) is 0 Å². The molecule has 6 aromatic carbocycles. The van der Waals surface area contributed by atoms with Gasteiger partial charge in [-0.15, -0.1) is 0 Å². The fourth-order valence-corrected chi connectivity index (χ4v) is 7.31. The Kier molecular flexibility index (Phi) is 4.56. The summed E-state index contributed by atoms with van der Waals surface area (Å²) in [5.41, 5.74) is 13.4. The Morgan fingerprint density at radius 2 is 1.35 bits per heavy atom. The molecule has 9 rings (SSSR count). The van der Waals surface area contributed by atoms with Crippen molar-refractivity contribution in [2.75, 3.05) is 0 Å². The summed E-state index contributed by atoms with van der Waals surface area (Å²) in [4.78, 5) is 0. The molecular formula is C37H22BrNO. The number of para-hydroxylation sites is 1. The van der Waals surface area contributed by atoms with Gasteiger partial charge in [0.25, 0.3) is 0 Å². The van der Waals surface area contributed by atoms with Gasteiger partial charge in [0, 0.05) is 31.7 Å². The third-order valence-corrected chi connectivity index (χ3v) is 9.17. The summed E-state index contributed by atoms with van der Waals surface area (Å²) < 4.78 is 9.62. The van der Waals surface area contributed by atoms with Crippen molar-refractivity contribution in [3.63, 3.8) is 0 Å². The Morgan fingerprint density at radius 1 is 0.575 bits per heavy atom. The molecule has 0 atom stereocenters. The molecule has 0 unspecified atom stereocenters. The predicted molar refractivity (Wildman–Crippen MR) is 169 cm³/mol. The lowest BCUT2D eigenvalue weighted by Crippen LogP contribution is -1.93. The standard InChI is InChI=1S/C37H22BrNO/c38-31-11-6-12-35-37(31)30-20-23(14-18-34(30)40-35)22-13-16-32-29(19-22)36-28-21-24-7-4-5-10-26(24)27(28)15-17-33(36)39(32)25-8-2-1-3-9-25/h1-20H,21H2. The number of furan rings is 1. The molecule has 188 valence electrons. The molecule has 0 radical (unpaired) electrons. The van der Waals surface area contributed by atoms with Crippen molar-refractivity contribution in [2.24, 2.45) is 0 Å². The van der Waals surface area contributed by atoms with E-state index < -0.39 is 0 Å². The summed E-state index contributed by atoms with van der Waals surface area (Å²) >= 11 is 3.74. The molecular weight excluding hydrogens is 554 g/mol. The number of benzene rings is 6. The predicted octanol–water partition coefficient (Wildman–Crippen LogP) is 10.7. The summed E-state index contributed by atoms with van der Waals surface area (Å²) in [6.07, 6.45) is 0.960. The summed E-state index contributed by atoms with van der Waals surface area (Å²) in [5, 5.41) is 4.89. The number of fused-ring (bicyclic) bond motifs is 10. The highest BCUT2D eigenvalue weighted by atomic mass is 79.9. The molecule has 2 heterocycles. The van der Waals surface area contributed by atoms with E-state index >= 15 is 0 Å². The van der Waals surface area contributed by atoms with Gasteiger partial charge in [-0.25, -0.2) is 0 Å². The van der Waals surface area contributed by atoms with Gasteiger partial charge >= 0.3 is 0 Å². The molecule has 8 aromatic rings. The zero-order chi connectivity index (χ0) is 26.4. The minimum Gasteiger partial charge on any atom is -0.456 e. The minimum atomic E-state index is 0.901. The van der Waals surface area contributed by atoms with Gasteiger partial charge in [-0.1, -0.05) is 82.7 Å². The van der Waals surface area contributed by atoms with Crippen molar-refractivity contribution in [3.8, 4) is 27.9 Å². The molecule has 1 aliphatic carbocycles. The second-order valence-corrected chi connectivity index (χ2v) is 11.5. The first kappa shape index (κ1) is 22.2. The lowest BCUT2D eigenvalue weighted by Gasteiger charge is -2.09. The lowest BCUT2D eigenvalue weighted by atomic mass is 9.97. The van der Waals surface area contributed by atoms with E-state index in [-0.39, 0.29) is 0 Å². The van der Waals surface area contributed by atoms with E-state index in [0.717, 1.165) is 32.8 Å². The van der Waals surface area contributed by atoms with Crippen LogP contribution in [0, 0.1) is 0 Å². The first-order valence-corrected chi connectivity index (χ1v) is 14.4. The van der Waals surface area contributed by atoms with Crippen LogP contribution in [0.4, 0.5) is 0 Å². The lowest BCUT2D eigenvalue weighted by molar-refractivity contribution is 0.669. The monoisotopic (exact) mass is 575 g/mol.